The van der Waals surface area contributed by atoms with E-state index in [9.17, 15) is 0 Å². The number of aliphatic imine (C=N–C) groups is 1. The Labute approximate surface area is 139 Å². The van der Waals surface area contributed by atoms with Crippen LogP contribution >= 0.6 is 0 Å². The number of nitrogens with zero attached hydrogens (tertiary/aromatic N) is 2. The van der Waals surface area contributed by atoms with Gasteiger partial charge in [-0.2, -0.15) is 0 Å². The zero-order chi connectivity index (χ0) is 16.3. The van der Waals surface area contributed by atoms with Crippen LogP contribution in [-0.4, -0.2) is 30.1 Å². The first-order valence-electron chi connectivity index (χ1n) is 8.60. The first kappa shape index (κ1) is 17.3. The van der Waals surface area contributed by atoms with Gasteiger partial charge in [0.2, 0.25) is 5.88 Å². The summed E-state index contributed by atoms with van der Waals surface area (Å²) in [7, 11) is 0. The molecular formula is C18H28N4O. The Bertz CT molecular complexity index is 520. The molecular weight excluding hydrogens is 288 g/mol. The molecule has 1 aliphatic rings. The maximum absolute atomic E-state index is 5.77. The van der Waals surface area contributed by atoms with Gasteiger partial charge in [-0.1, -0.05) is 31.6 Å². The lowest BCUT2D eigenvalue weighted by Crippen LogP contribution is -2.42. The van der Waals surface area contributed by atoms with Crippen LogP contribution in [0.15, 0.2) is 35.5 Å². The molecule has 5 nitrogen and oxygen atoms in total. The summed E-state index contributed by atoms with van der Waals surface area (Å²) >= 11 is 0. The van der Waals surface area contributed by atoms with Crippen molar-refractivity contribution in [1.29, 1.82) is 0 Å². The predicted octanol–water partition coefficient (Wildman–Crippen LogP) is 3.03. The zero-order valence-corrected chi connectivity index (χ0v) is 14.2. The number of rotatable bonds is 8. The van der Waals surface area contributed by atoms with Crippen LogP contribution in [0.3, 0.4) is 0 Å². The molecule has 1 aliphatic carbocycles. The van der Waals surface area contributed by atoms with Crippen molar-refractivity contribution in [2.45, 2.75) is 52.1 Å². The fourth-order valence-electron chi connectivity index (χ4n) is 2.40. The molecule has 23 heavy (non-hydrogen) atoms. The number of hydrogen-bond donors (Lipinski definition) is 2. The quantitative estimate of drug-likeness (QED) is 0.335. The van der Waals surface area contributed by atoms with Gasteiger partial charge in [-0.3, -0.25) is 0 Å². The molecule has 126 valence electrons. The van der Waals surface area contributed by atoms with E-state index in [2.05, 4.69) is 46.6 Å². The standard InChI is InChI=1S/C18H28N4O/c1-3-5-13-23-17-15(9-8-12-20-17)14-21-18(19-4-2)22-16-10-6-7-11-16/h6-9,12,16H,3-5,10-11,13-14H2,1-2H3,(H2,19,21,22). The third-order valence-electron chi connectivity index (χ3n) is 3.69. The van der Waals surface area contributed by atoms with Crippen LogP contribution in [0.5, 0.6) is 5.88 Å². The van der Waals surface area contributed by atoms with Crippen molar-refractivity contribution in [1.82, 2.24) is 15.6 Å². The summed E-state index contributed by atoms with van der Waals surface area (Å²) in [4.78, 5) is 9.02. The van der Waals surface area contributed by atoms with Crippen LogP contribution in [-0.2, 0) is 6.54 Å². The molecule has 0 aliphatic heterocycles. The summed E-state index contributed by atoms with van der Waals surface area (Å²) in [6.45, 7) is 6.34. The zero-order valence-electron chi connectivity index (χ0n) is 14.2. The fourth-order valence-corrected chi connectivity index (χ4v) is 2.40. The molecule has 0 saturated heterocycles. The van der Waals surface area contributed by atoms with Crippen molar-refractivity contribution in [2.24, 2.45) is 4.99 Å². The maximum Gasteiger partial charge on any atom is 0.218 e. The van der Waals surface area contributed by atoms with Gasteiger partial charge in [0.1, 0.15) is 0 Å². The summed E-state index contributed by atoms with van der Waals surface area (Å²) in [5.74, 6) is 1.55. The highest BCUT2D eigenvalue weighted by Gasteiger charge is 2.12. The second kappa shape index (κ2) is 9.87. The Morgan fingerprint density at radius 3 is 2.91 bits per heavy atom. The van der Waals surface area contributed by atoms with Gasteiger partial charge in [0.05, 0.1) is 13.2 Å². The topological polar surface area (TPSA) is 58.5 Å². The summed E-state index contributed by atoms with van der Waals surface area (Å²) in [5.41, 5.74) is 1.02. The third-order valence-corrected chi connectivity index (χ3v) is 3.69. The Morgan fingerprint density at radius 1 is 1.35 bits per heavy atom. The second-order valence-corrected chi connectivity index (χ2v) is 5.65. The monoisotopic (exact) mass is 316 g/mol. The third kappa shape index (κ3) is 5.93. The first-order chi connectivity index (χ1) is 11.3. The SMILES string of the molecule is CCCCOc1ncccc1CN=C(NCC)NC1CC=CC1. The van der Waals surface area contributed by atoms with E-state index >= 15 is 0 Å². The molecule has 0 amide bonds. The van der Waals surface area contributed by atoms with E-state index in [1.165, 1.54) is 0 Å². The van der Waals surface area contributed by atoms with Crippen molar-refractivity contribution in [3.05, 3.63) is 36.0 Å². The largest absolute Gasteiger partial charge is 0.477 e. The summed E-state index contributed by atoms with van der Waals surface area (Å²) < 4.78 is 5.77. The Kier molecular flexibility index (Phi) is 7.43. The highest BCUT2D eigenvalue weighted by atomic mass is 16.5. The predicted molar refractivity (Wildman–Crippen MR) is 94.8 cm³/mol. The number of guanidine groups is 1. The van der Waals surface area contributed by atoms with E-state index < -0.39 is 0 Å². The molecule has 5 heteroatoms. The van der Waals surface area contributed by atoms with Crippen LogP contribution < -0.4 is 15.4 Å². The van der Waals surface area contributed by atoms with Crippen molar-refractivity contribution in [3.8, 4) is 5.88 Å². The normalized spacial score (nSPS) is 15.0. The minimum absolute atomic E-state index is 0.446. The highest BCUT2D eigenvalue weighted by Crippen LogP contribution is 2.16. The molecule has 1 heterocycles. The van der Waals surface area contributed by atoms with Gasteiger partial charge in [0, 0.05) is 24.3 Å². The van der Waals surface area contributed by atoms with Crippen LogP contribution in [0.4, 0.5) is 0 Å². The van der Waals surface area contributed by atoms with Gasteiger partial charge in [-0.05, 0) is 32.3 Å². The lowest BCUT2D eigenvalue weighted by Gasteiger charge is -2.17. The van der Waals surface area contributed by atoms with E-state index in [1.54, 1.807) is 6.20 Å². The van der Waals surface area contributed by atoms with Crippen LogP contribution in [0.25, 0.3) is 0 Å². The minimum atomic E-state index is 0.446. The number of hydrogen-bond acceptors (Lipinski definition) is 3. The first-order valence-corrected chi connectivity index (χ1v) is 8.60. The van der Waals surface area contributed by atoms with Crippen LogP contribution in [0.1, 0.15) is 45.1 Å². The molecule has 0 aromatic carbocycles. The Morgan fingerprint density at radius 2 is 2.17 bits per heavy atom. The molecule has 0 unspecified atom stereocenters. The molecule has 0 radical (unpaired) electrons. The number of nitrogens with one attached hydrogen (secondary N) is 2. The van der Waals surface area contributed by atoms with Gasteiger partial charge in [0.15, 0.2) is 5.96 Å². The number of aromatic nitrogens is 1. The van der Waals surface area contributed by atoms with Gasteiger partial charge < -0.3 is 15.4 Å². The Balaban J connectivity index is 1.97. The van der Waals surface area contributed by atoms with E-state index in [-0.39, 0.29) is 0 Å². The minimum Gasteiger partial charge on any atom is -0.477 e. The second-order valence-electron chi connectivity index (χ2n) is 5.65. The smallest absolute Gasteiger partial charge is 0.218 e. The number of ether oxygens (including phenoxy) is 1. The van der Waals surface area contributed by atoms with Crippen LogP contribution in [0.2, 0.25) is 0 Å². The van der Waals surface area contributed by atoms with Crippen molar-refractivity contribution in [3.63, 3.8) is 0 Å². The average Bonchev–Trinajstić information content (AvgIpc) is 3.07. The average molecular weight is 316 g/mol. The van der Waals surface area contributed by atoms with Crippen molar-refractivity contribution >= 4 is 5.96 Å². The molecule has 0 atom stereocenters. The number of unbranched alkanes of at least 4 members (excludes halogenated alkanes) is 1. The van der Waals surface area contributed by atoms with E-state index in [1.807, 2.05) is 12.1 Å². The molecule has 1 aromatic rings. The van der Waals surface area contributed by atoms with Crippen molar-refractivity contribution in [2.75, 3.05) is 13.2 Å². The van der Waals surface area contributed by atoms with Crippen molar-refractivity contribution < 1.29 is 4.74 Å². The van der Waals surface area contributed by atoms with E-state index in [0.717, 1.165) is 43.8 Å². The van der Waals surface area contributed by atoms with Crippen LogP contribution in [0, 0.1) is 0 Å². The summed E-state index contributed by atoms with van der Waals surface area (Å²) in [5, 5.41) is 6.78. The van der Waals surface area contributed by atoms with Gasteiger partial charge in [-0.25, -0.2) is 9.98 Å². The molecule has 2 N–H and O–H groups in total. The molecule has 0 fully saturated rings. The lowest BCUT2D eigenvalue weighted by molar-refractivity contribution is 0.294. The van der Waals surface area contributed by atoms with Gasteiger partial charge in [0.25, 0.3) is 0 Å². The van der Waals surface area contributed by atoms with Gasteiger partial charge in [-0.15, -0.1) is 0 Å². The number of pyridine rings is 1. The fraction of sp³-hybridized carbons (Fsp3) is 0.556. The maximum atomic E-state index is 5.77. The molecule has 0 saturated carbocycles. The summed E-state index contributed by atoms with van der Waals surface area (Å²) in [6.07, 6.45) is 10.5. The summed E-state index contributed by atoms with van der Waals surface area (Å²) in [6, 6.07) is 4.40. The Hall–Kier alpha value is -2.04. The highest BCUT2D eigenvalue weighted by molar-refractivity contribution is 5.80. The van der Waals surface area contributed by atoms with E-state index in [0.29, 0.717) is 25.1 Å². The lowest BCUT2D eigenvalue weighted by atomic mass is 10.2. The van der Waals surface area contributed by atoms with E-state index in [4.69, 9.17) is 4.74 Å². The van der Waals surface area contributed by atoms with Gasteiger partial charge >= 0.3 is 0 Å². The molecule has 2 rings (SSSR count). The molecule has 1 aromatic heterocycles. The molecule has 0 bridgehead atoms. The molecule has 0 spiro atoms.